The summed E-state index contributed by atoms with van der Waals surface area (Å²) < 4.78 is 0. The highest BCUT2D eigenvalue weighted by Crippen LogP contribution is 2.39. The summed E-state index contributed by atoms with van der Waals surface area (Å²) >= 11 is 0. The minimum absolute atomic E-state index is 0.312. The third kappa shape index (κ3) is 4.08. The highest BCUT2D eigenvalue weighted by Gasteiger charge is 2.40. The van der Waals surface area contributed by atoms with Gasteiger partial charge in [0.15, 0.2) is 0 Å². The van der Waals surface area contributed by atoms with Crippen LogP contribution in [0.1, 0.15) is 69.2 Å². The van der Waals surface area contributed by atoms with Crippen molar-refractivity contribution in [1.29, 1.82) is 0 Å². The molecule has 0 fully saturated rings. The Balaban J connectivity index is 5.32. The second kappa shape index (κ2) is 5.08. The molecular formula is C15H33N. The molecule has 0 aromatic rings. The van der Waals surface area contributed by atoms with Gasteiger partial charge in [0.05, 0.1) is 0 Å². The SMILES string of the molecule is CC(C)N(C(C)C)C(C(C)(C)C)C(C)(C)C. The van der Waals surface area contributed by atoms with Gasteiger partial charge in [0.1, 0.15) is 0 Å². The molecule has 16 heavy (non-hydrogen) atoms. The van der Waals surface area contributed by atoms with Crippen molar-refractivity contribution >= 4 is 0 Å². The molecule has 0 aliphatic carbocycles. The lowest BCUT2D eigenvalue weighted by Gasteiger charge is -2.51. The molecule has 0 radical (unpaired) electrons. The van der Waals surface area contributed by atoms with Gasteiger partial charge in [-0.25, -0.2) is 0 Å². The predicted molar refractivity (Wildman–Crippen MR) is 74.8 cm³/mol. The van der Waals surface area contributed by atoms with Crippen LogP contribution >= 0.6 is 0 Å². The number of hydrogen-bond donors (Lipinski definition) is 0. The van der Waals surface area contributed by atoms with Crippen molar-refractivity contribution in [3.8, 4) is 0 Å². The van der Waals surface area contributed by atoms with Crippen molar-refractivity contribution in [1.82, 2.24) is 4.90 Å². The molecule has 0 spiro atoms. The Labute approximate surface area is 104 Å². The molecule has 1 nitrogen and oxygen atoms in total. The van der Waals surface area contributed by atoms with Gasteiger partial charge < -0.3 is 0 Å². The second-order valence-corrected chi connectivity index (χ2v) is 7.77. The third-order valence-electron chi connectivity index (χ3n) is 3.13. The van der Waals surface area contributed by atoms with Crippen molar-refractivity contribution in [3.05, 3.63) is 0 Å². The molecule has 0 aliphatic heterocycles. The van der Waals surface area contributed by atoms with Crippen molar-refractivity contribution in [2.45, 2.75) is 87.4 Å². The molecular weight excluding hydrogens is 194 g/mol. The maximum Gasteiger partial charge on any atom is 0.0198 e. The molecule has 0 unspecified atom stereocenters. The summed E-state index contributed by atoms with van der Waals surface area (Å²) in [4.78, 5) is 2.67. The topological polar surface area (TPSA) is 3.24 Å². The highest BCUT2D eigenvalue weighted by atomic mass is 15.2. The van der Waals surface area contributed by atoms with Crippen LogP contribution in [0.2, 0.25) is 0 Å². The standard InChI is InChI=1S/C15H33N/c1-11(2)16(12(3)4)13(14(5,6)7)15(8,9)10/h11-13H,1-10H3. The molecule has 0 heterocycles. The van der Waals surface area contributed by atoms with E-state index in [0.717, 1.165) is 0 Å². The van der Waals surface area contributed by atoms with E-state index in [4.69, 9.17) is 0 Å². The van der Waals surface area contributed by atoms with Crippen LogP contribution in [-0.2, 0) is 0 Å². The van der Waals surface area contributed by atoms with Crippen LogP contribution in [0.25, 0.3) is 0 Å². The largest absolute Gasteiger partial charge is 0.295 e. The normalized spacial score (nSPS) is 14.6. The first-order chi connectivity index (χ1) is 6.89. The Morgan fingerprint density at radius 2 is 0.875 bits per heavy atom. The zero-order valence-electron chi connectivity index (χ0n) is 13.2. The number of rotatable bonds is 3. The first-order valence-corrected chi connectivity index (χ1v) is 6.66. The molecule has 0 bridgehead atoms. The lowest BCUT2D eigenvalue weighted by atomic mass is 9.70. The van der Waals surface area contributed by atoms with Crippen LogP contribution in [0, 0.1) is 10.8 Å². The first-order valence-electron chi connectivity index (χ1n) is 6.66. The van der Waals surface area contributed by atoms with Gasteiger partial charge in [-0.2, -0.15) is 0 Å². The maximum atomic E-state index is 2.67. The van der Waals surface area contributed by atoms with Gasteiger partial charge in [-0.05, 0) is 38.5 Å². The Morgan fingerprint density at radius 3 is 0.938 bits per heavy atom. The summed E-state index contributed by atoms with van der Waals surface area (Å²) in [6.07, 6.45) is 0. The second-order valence-electron chi connectivity index (χ2n) is 7.77. The summed E-state index contributed by atoms with van der Waals surface area (Å²) in [7, 11) is 0. The van der Waals surface area contributed by atoms with Gasteiger partial charge in [0.2, 0.25) is 0 Å². The first kappa shape index (κ1) is 16.0. The van der Waals surface area contributed by atoms with Crippen LogP contribution in [0.5, 0.6) is 0 Å². The third-order valence-corrected chi connectivity index (χ3v) is 3.13. The molecule has 0 rings (SSSR count). The smallest absolute Gasteiger partial charge is 0.0198 e. The van der Waals surface area contributed by atoms with Crippen molar-refractivity contribution in [2.24, 2.45) is 10.8 Å². The summed E-state index contributed by atoms with van der Waals surface area (Å²) in [5.74, 6) is 0. The highest BCUT2D eigenvalue weighted by molar-refractivity contribution is 4.94. The number of hydrogen-bond acceptors (Lipinski definition) is 1. The zero-order valence-corrected chi connectivity index (χ0v) is 13.2. The Morgan fingerprint density at radius 1 is 0.625 bits per heavy atom. The van der Waals surface area contributed by atoms with E-state index in [0.29, 0.717) is 29.0 Å². The van der Waals surface area contributed by atoms with Crippen LogP contribution in [0.3, 0.4) is 0 Å². The van der Waals surface area contributed by atoms with Gasteiger partial charge >= 0.3 is 0 Å². The van der Waals surface area contributed by atoms with Crippen molar-refractivity contribution < 1.29 is 0 Å². The quantitative estimate of drug-likeness (QED) is 0.683. The van der Waals surface area contributed by atoms with E-state index in [2.05, 4.69) is 74.1 Å². The molecule has 0 aliphatic rings. The Kier molecular flexibility index (Phi) is 5.07. The van der Waals surface area contributed by atoms with Gasteiger partial charge in [-0.15, -0.1) is 0 Å². The maximum absolute atomic E-state index is 2.67. The monoisotopic (exact) mass is 227 g/mol. The van der Waals surface area contributed by atoms with Crippen LogP contribution in [0.4, 0.5) is 0 Å². The molecule has 1 heteroatoms. The fraction of sp³-hybridized carbons (Fsp3) is 1.00. The Hall–Kier alpha value is -0.0400. The number of nitrogens with zero attached hydrogens (tertiary/aromatic N) is 1. The average molecular weight is 227 g/mol. The summed E-state index contributed by atoms with van der Waals surface area (Å²) in [5.41, 5.74) is 0.625. The van der Waals surface area contributed by atoms with E-state index >= 15 is 0 Å². The predicted octanol–water partition coefficient (Wildman–Crippen LogP) is 4.57. The molecule has 0 saturated carbocycles. The molecule has 0 atom stereocenters. The zero-order chi connectivity index (χ0) is 13.3. The van der Waals surface area contributed by atoms with E-state index in [-0.39, 0.29) is 0 Å². The summed E-state index contributed by atoms with van der Waals surface area (Å²) in [6, 6.07) is 1.80. The van der Waals surface area contributed by atoms with Crippen molar-refractivity contribution in [2.75, 3.05) is 0 Å². The van der Waals surface area contributed by atoms with Gasteiger partial charge in [0, 0.05) is 18.1 Å². The molecule has 0 amide bonds. The lowest BCUT2D eigenvalue weighted by molar-refractivity contribution is -0.0234. The lowest BCUT2D eigenvalue weighted by Crippen LogP contribution is -2.56. The summed E-state index contributed by atoms with van der Waals surface area (Å²) in [5, 5.41) is 0. The van der Waals surface area contributed by atoms with Gasteiger partial charge in [-0.3, -0.25) is 4.90 Å². The molecule has 98 valence electrons. The molecule has 0 N–H and O–H groups in total. The fourth-order valence-corrected chi connectivity index (χ4v) is 3.39. The molecule has 0 saturated heterocycles. The van der Waals surface area contributed by atoms with Crippen LogP contribution < -0.4 is 0 Å². The minimum atomic E-state index is 0.312. The van der Waals surface area contributed by atoms with E-state index in [1.807, 2.05) is 0 Å². The fourth-order valence-electron chi connectivity index (χ4n) is 3.39. The summed E-state index contributed by atoms with van der Waals surface area (Å²) in [6.45, 7) is 23.4. The Bertz CT molecular complexity index is 180. The van der Waals surface area contributed by atoms with Crippen molar-refractivity contribution in [3.63, 3.8) is 0 Å². The van der Waals surface area contributed by atoms with E-state index in [9.17, 15) is 0 Å². The molecule has 0 aromatic carbocycles. The van der Waals surface area contributed by atoms with E-state index < -0.39 is 0 Å². The minimum Gasteiger partial charge on any atom is -0.295 e. The van der Waals surface area contributed by atoms with E-state index in [1.54, 1.807) is 0 Å². The van der Waals surface area contributed by atoms with E-state index in [1.165, 1.54) is 0 Å². The van der Waals surface area contributed by atoms with Gasteiger partial charge in [0.25, 0.3) is 0 Å². The van der Waals surface area contributed by atoms with Crippen LogP contribution in [0.15, 0.2) is 0 Å². The van der Waals surface area contributed by atoms with Gasteiger partial charge in [-0.1, -0.05) is 41.5 Å². The van der Waals surface area contributed by atoms with Crippen LogP contribution in [-0.4, -0.2) is 23.0 Å². The molecule has 0 aromatic heterocycles. The average Bonchev–Trinajstić information content (AvgIpc) is 1.93.